The van der Waals surface area contributed by atoms with Crippen LogP contribution in [0, 0.1) is 5.82 Å². The standard InChI is InChI=1S/C13H16FN3O/c1-10(11-2-4-12(14)5-3-11)16-13-8-15-17(9-13)6-7-18/h2-5,8-10,16,18H,6-7H2,1H3. The predicted octanol–water partition coefficient (Wildman–Crippen LogP) is 2.19. The Kier molecular flexibility index (Phi) is 3.94. The van der Waals surface area contributed by atoms with Gasteiger partial charge >= 0.3 is 0 Å². The van der Waals surface area contributed by atoms with Crippen LogP contribution in [-0.4, -0.2) is 21.5 Å². The van der Waals surface area contributed by atoms with Gasteiger partial charge in [-0.05, 0) is 24.6 Å². The number of nitrogens with zero attached hydrogens (tertiary/aromatic N) is 2. The first-order chi connectivity index (χ1) is 8.69. The Hall–Kier alpha value is -1.88. The second kappa shape index (κ2) is 5.64. The molecule has 0 radical (unpaired) electrons. The lowest BCUT2D eigenvalue weighted by Crippen LogP contribution is -2.06. The maximum absolute atomic E-state index is 12.8. The van der Waals surface area contributed by atoms with Crippen molar-refractivity contribution < 1.29 is 9.50 Å². The van der Waals surface area contributed by atoms with Crippen LogP contribution >= 0.6 is 0 Å². The quantitative estimate of drug-likeness (QED) is 0.854. The van der Waals surface area contributed by atoms with Crippen molar-refractivity contribution in [3.8, 4) is 0 Å². The summed E-state index contributed by atoms with van der Waals surface area (Å²) in [6.07, 6.45) is 3.53. The summed E-state index contributed by atoms with van der Waals surface area (Å²) in [6, 6.07) is 6.47. The third-order valence-electron chi connectivity index (χ3n) is 2.72. The van der Waals surface area contributed by atoms with Crippen molar-refractivity contribution in [1.82, 2.24) is 9.78 Å². The van der Waals surface area contributed by atoms with E-state index in [4.69, 9.17) is 5.11 Å². The van der Waals surface area contributed by atoms with Gasteiger partial charge in [-0.2, -0.15) is 5.10 Å². The zero-order valence-corrected chi connectivity index (χ0v) is 10.2. The summed E-state index contributed by atoms with van der Waals surface area (Å²) in [5.74, 6) is -0.235. The molecule has 1 aromatic carbocycles. The average molecular weight is 249 g/mol. The van der Waals surface area contributed by atoms with Crippen LogP contribution in [0.5, 0.6) is 0 Å². The molecule has 0 spiro atoms. The van der Waals surface area contributed by atoms with Crippen molar-refractivity contribution in [3.63, 3.8) is 0 Å². The Labute approximate surface area is 105 Å². The molecule has 1 unspecified atom stereocenters. The van der Waals surface area contributed by atoms with E-state index in [0.29, 0.717) is 6.54 Å². The van der Waals surface area contributed by atoms with Gasteiger partial charge in [-0.3, -0.25) is 4.68 Å². The molecule has 0 amide bonds. The molecule has 0 fully saturated rings. The number of hydrogen-bond donors (Lipinski definition) is 2. The molecule has 18 heavy (non-hydrogen) atoms. The van der Waals surface area contributed by atoms with Gasteiger partial charge in [0.15, 0.2) is 0 Å². The summed E-state index contributed by atoms with van der Waals surface area (Å²) >= 11 is 0. The Morgan fingerprint density at radius 3 is 2.78 bits per heavy atom. The third-order valence-corrected chi connectivity index (χ3v) is 2.72. The van der Waals surface area contributed by atoms with Gasteiger partial charge in [-0.1, -0.05) is 12.1 Å². The van der Waals surface area contributed by atoms with E-state index in [2.05, 4.69) is 10.4 Å². The SMILES string of the molecule is CC(Nc1cnn(CCO)c1)c1ccc(F)cc1. The molecule has 0 bridgehead atoms. The molecule has 0 aliphatic rings. The van der Waals surface area contributed by atoms with Gasteiger partial charge in [-0.15, -0.1) is 0 Å². The number of benzene rings is 1. The molecule has 96 valence electrons. The van der Waals surface area contributed by atoms with E-state index in [-0.39, 0.29) is 18.5 Å². The van der Waals surface area contributed by atoms with Gasteiger partial charge in [0.05, 0.1) is 25.0 Å². The summed E-state index contributed by atoms with van der Waals surface area (Å²) < 4.78 is 14.5. The highest BCUT2D eigenvalue weighted by Crippen LogP contribution is 2.18. The Morgan fingerprint density at radius 2 is 2.11 bits per heavy atom. The molecule has 1 atom stereocenters. The zero-order chi connectivity index (χ0) is 13.0. The summed E-state index contributed by atoms with van der Waals surface area (Å²) in [5.41, 5.74) is 1.88. The average Bonchev–Trinajstić information content (AvgIpc) is 2.78. The van der Waals surface area contributed by atoms with Crippen molar-refractivity contribution in [3.05, 3.63) is 48.0 Å². The number of aliphatic hydroxyl groups excluding tert-OH is 1. The normalized spacial score (nSPS) is 12.4. The molecule has 0 saturated heterocycles. The minimum atomic E-state index is -0.235. The van der Waals surface area contributed by atoms with E-state index in [0.717, 1.165) is 11.3 Å². The molecule has 2 aromatic rings. The van der Waals surface area contributed by atoms with Gasteiger partial charge in [0.1, 0.15) is 5.82 Å². The number of anilines is 1. The van der Waals surface area contributed by atoms with E-state index in [9.17, 15) is 4.39 Å². The van der Waals surface area contributed by atoms with E-state index < -0.39 is 0 Å². The number of rotatable bonds is 5. The Bertz CT molecular complexity index is 495. The highest BCUT2D eigenvalue weighted by atomic mass is 19.1. The van der Waals surface area contributed by atoms with Crippen molar-refractivity contribution in [2.24, 2.45) is 0 Å². The molecule has 1 aromatic heterocycles. The van der Waals surface area contributed by atoms with Gasteiger partial charge in [0.2, 0.25) is 0 Å². The lowest BCUT2D eigenvalue weighted by atomic mass is 10.1. The Morgan fingerprint density at radius 1 is 1.39 bits per heavy atom. The van der Waals surface area contributed by atoms with Crippen LogP contribution in [-0.2, 0) is 6.54 Å². The smallest absolute Gasteiger partial charge is 0.123 e. The predicted molar refractivity (Wildman–Crippen MR) is 67.8 cm³/mol. The summed E-state index contributed by atoms with van der Waals surface area (Å²) in [6.45, 7) is 2.54. The van der Waals surface area contributed by atoms with Crippen LogP contribution in [0.2, 0.25) is 0 Å². The fraction of sp³-hybridized carbons (Fsp3) is 0.308. The molecular weight excluding hydrogens is 233 g/mol. The van der Waals surface area contributed by atoms with Gasteiger partial charge in [0.25, 0.3) is 0 Å². The number of aromatic nitrogens is 2. The van der Waals surface area contributed by atoms with Crippen LogP contribution in [0.25, 0.3) is 0 Å². The largest absolute Gasteiger partial charge is 0.394 e. The van der Waals surface area contributed by atoms with Crippen LogP contribution in [0.1, 0.15) is 18.5 Å². The van der Waals surface area contributed by atoms with E-state index in [1.165, 1.54) is 12.1 Å². The van der Waals surface area contributed by atoms with Crippen molar-refractivity contribution in [2.45, 2.75) is 19.5 Å². The Balaban J connectivity index is 2.01. The van der Waals surface area contributed by atoms with Gasteiger partial charge < -0.3 is 10.4 Å². The summed E-state index contributed by atoms with van der Waals surface area (Å²) in [4.78, 5) is 0. The zero-order valence-electron chi connectivity index (χ0n) is 10.2. The van der Waals surface area contributed by atoms with Crippen molar-refractivity contribution in [1.29, 1.82) is 0 Å². The second-order valence-electron chi connectivity index (χ2n) is 4.13. The molecule has 0 aliphatic carbocycles. The highest BCUT2D eigenvalue weighted by Gasteiger charge is 2.06. The third kappa shape index (κ3) is 3.07. The van der Waals surface area contributed by atoms with E-state index in [1.54, 1.807) is 23.0 Å². The van der Waals surface area contributed by atoms with Gasteiger partial charge in [0, 0.05) is 12.2 Å². The minimum absolute atomic E-state index is 0.0641. The lowest BCUT2D eigenvalue weighted by molar-refractivity contribution is 0.269. The summed E-state index contributed by atoms with van der Waals surface area (Å²) in [7, 11) is 0. The maximum atomic E-state index is 12.8. The fourth-order valence-electron chi connectivity index (χ4n) is 1.75. The monoisotopic (exact) mass is 249 g/mol. The van der Waals surface area contributed by atoms with Crippen LogP contribution in [0.15, 0.2) is 36.7 Å². The van der Waals surface area contributed by atoms with Crippen LogP contribution < -0.4 is 5.32 Å². The van der Waals surface area contributed by atoms with Crippen LogP contribution in [0.4, 0.5) is 10.1 Å². The fourth-order valence-corrected chi connectivity index (χ4v) is 1.75. The molecule has 2 N–H and O–H groups in total. The first-order valence-electron chi connectivity index (χ1n) is 5.84. The molecule has 0 aliphatic heterocycles. The maximum Gasteiger partial charge on any atom is 0.123 e. The second-order valence-corrected chi connectivity index (χ2v) is 4.13. The molecule has 0 saturated carbocycles. The lowest BCUT2D eigenvalue weighted by Gasteiger charge is -2.13. The minimum Gasteiger partial charge on any atom is -0.394 e. The van der Waals surface area contributed by atoms with Crippen LogP contribution in [0.3, 0.4) is 0 Å². The number of nitrogens with one attached hydrogen (secondary N) is 1. The first kappa shape index (κ1) is 12.6. The molecule has 1 heterocycles. The number of aliphatic hydroxyl groups is 1. The molecule has 2 rings (SSSR count). The first-order valence-corrected chi connectivity index (χ1v) is 5.84. The van der Waals surface area contributed by atoms with E-state index >= 15 is 0 Å². The highest BCUT2D eigenvalue weighted by molar-refractivity contribution is 5.41. The topological polar surface area (TPSA) is 50.1 Å². The number of halogens is 1. The summed E-state index contributed by atoms with van der Waals surface area (Å²) in [5, 5.41) is 16.2. The van der Waals surface area contributed by atoms with Crippen molar-refractivity contribution >= 4 is 5.69 Å². The molecule has 5 heteroatoms. The van der Waals surface area contributed by atoms with E-state index in [1.807, 2.05) is 13.1 Å². The van der Waals surface area contributed by atoms with Crippen molar-refractivity contribution in [2.75, 3.05) is 11.9 Å². The molecule has 4 nitrogen and oxygen atoms in total. The van der Waals surface area contributed by atoms with Gasteiger partial charge in [-0.25, -0.2) is 4.39 Å². The number of hydrogen-bond acceptors (Lipinski definition) is 3. The molecular formula is C13H16FN3O.